The third-order valence-electron chi connectivity index (χ3n) is 8.24. The van der Waals surface area contributed by atoms with Crippen LogP contribution in [-0.2, 0) is 9.47 Å². The minimum absolute atomic E-state index is 0.0161. The van der Waals surface area contributed by atoms with Gasteiger partial charge in [0.1, 0.15) is 6.10 Å². The number of fused-ring (bicyclic) bond motifs is 4. The number of hydrogen-bond acceptors (Lipinski definition) is 3. The summed E-state index contributed by atoms with van der Waals surface area (Å²) in [5.41, 5.74) is 4.02. The van der Waals surface area contributed by atoms with E-state index in [2.05, 4.69) is 19.6 Å². The number of ether oxygens (including phenoxy) is 2. The zero-order valence-corrected chi connectivity index (χ0v) is 16.6. The van der Waals surface area contributed by atoms with Crippen LogP contribution >= 0.6 is 0 Å². The molecule has 144 valence electrons. The lowest BCUT2D eigenvalue weighted by Gasteiger charge is -2.51. The summed E-state index contributed by atoms with van der Waals surface area (Å²) < 4.78 is 11.6. The second-order valence-corrected chi connectivity index (χ2v) is 9.07. The molecular formula is C23H34O3. The van der Waals surface area contributed by atoms with Crippen LogP contribution in [0.15, 0.2) is 35.5 Å². The standard InChI is InChI=1S/C23H34O3/c1-5-12-23(24)14-11-19-17-6-7-18-15(16(17)10-13-22(19,23)2)8-9-20(25-3)21(18)26-4/h5,10,17,19-21,24H,1,6-9,11-14H2,2-4H3/t17-,19+,20?,21?,22+,23+/m1/s1. The summed E-state index contributed by atoms with van der Waals surface area (Å²) in [5.74, 6) is 1.19. The van der Waals surface area contributed by atoms with Crippen molar-refractivity contribution in [3.8, 4) is 0 Å². The van der Waals surface area contributed by atoms with Crippen molar-refractivity contribution in [2.45, 2.75) is 76.1 Å². The van der Waals surface area contributed by atoms with Crippen LogP contribution in [0.1, 0.15) is 58.3 Å². The van der Waals surface area contributed by atoms with E-state index in [1.54, 1.807) is 18.3 Å². The van der Waals surface area contributed by atoms with Crippen LogP contribution in [0.2, 0.25) is 0 Å². The van der Waals surface area contributed by atoms with Crippen molar-refractivity contribution in [2.75, 3.05) is 14.2 Å². The highest BCUT2D eigenvalue weighted by molar-refractivity contribution is 5.46. The third-order valence-corrected chi connectivity index (χ3v) is 8.24. The van der Waals surface area contributed by atoms with E-state index in [1.165, 1.54) is 12.0 Å². The Balaban J connectivity index is 1.70. The Morgan fingerprint density at radius 3 is 2.73 bits per heavy atom. The topological polar surface area (TPSA) is 38.7 Å². The predicted molar refractivity (Wildman–Crippen MR) is 104 cm³/mol. The number of aliphatic hydroxyl groups is 1. The molecule has 0 bridgehead atoms. The second kappa shape index (κ2) is 6.61. The van der Waals surface area contributed by atoms with Gasteiger partial charge in [-0.25, -0.2) is 0 Å². The van der Waals surface area contributed by atoms with Crippen molar-refractivity contribution in [3.05, 3.63) is 35.5 Å². The second-order valence-electron chi connectivity index (χ2n) is 9.07. The molecule has 4 rings (SSSR count). The summed E-state index contributed by atoms with van der Waals surface area (Å²) in [7, 11) is 3.62. The summed E-state index contributed by atoms with van der Waals surface area (Å²) in [6.45, 7) is 6.22. The number of hydrogen-bond donors (Lipinski definition) is 1. The molecule has 0 saturated heterocycles. The monoisotopic (exact) mass is 358 g/mol. The lowest BCUT2D eigenvalue weighted by Crippen LogP contribution is -2.49. The van der Waals surface area contributed by atoms with Crippen LogP contribution in [0, 0.1) is 17.3 Å². The molecule has 0 radical (unpaired) electrons. The summed E-state index contributed by atoms with van der Waals surface area (Å²) >= 11 is 0. The highest BCUT2D eigenvalue weighted by Crippen LogP contribution is 2.63. The lowest BCUT2D eigenvalue weighted by atomic mass is 9.55. The van der Waals surface area contributed by atoms with E-state index in [0.717, 1.165) is 38.5 Å². The fraction of sp³-hybridized carbons (Fsp3) is 0.739. The molecule has 0 amide bonds. The van der Waals surface area contributed by atoms with Gasteiger partial charge in [0, 0.05) is 19.6 Å². The smallest absolute Gasteiger partial charge is 0.105 e. The molecule has 4 aliphatic rings. The quantitative estimate of drug-likeness (QED) is 0.748. The van der Waals surface area contributed by atoms with Crippen LogP contribution < -0.4 is 0 Å². The Morgan fingerprint density at radius 2 is 2.04 bits per heavy atom. The van der Waals surface area contributed by atoms with E-state index < -0.39 is 5.60 Å². The first-order chi connectivity index (χ1) is 12.5. The summed E-state index contributed by atoms with van der Waals surface area (Å²) in [4.78, 5) is 0. The van der Waals surface area contributed by atoms with Gasteiger partial charge in [0.05, 0.1) is 11.7 Å². The molecule has 0 aromatic rings. The van der Waals surface area contributed by atoms with Crippen molar-refractivity contribution in [1.82, 2.24) is 0 Å². The molecule has 3 nitrogen and oxygen atoms in total. The summed E-state index contributed by atoms with van der Waals surface area (Å²) in [5, 5.41) is 11.4. The fourth-order valence-corrected chi connectivity index (χ4v) is 6.76. The fourth-order valence-electron chi connectivity index (χ4n) is 6.76. The molecule has 0 heterocycles. The van der Waals surface area contributed by atoms with Crippen molar-refractivity contribution in [1.29, 1.82) is 0 Å². The maximum Gasteiger partial charge on any atom is 0.105 e. The number of rotatable bonds is 4. The van der Waals surface area contributed by atoms with Crippen LogP contribution in [0.3, 0.4) is 0 Å². The normalized spacial score (nSPS) is 44.8. The third kappa shape index (κ3) is 2.43. The zero-order valence-electron chi connectivity index (χ0n) is 16.6. The molecule has 1 saturated carbocycles. The molecule has 3 heteroatoms. The van der Waals surface area contributed by atoms with Gasteiger partial charge in [-0.3, -0.25) is 0 Å². The first-order valence-corrected chi connectivity index (χ1v) is 10.3. The number of methoxy groups -OCH3 is 2. The molecule has 1 N–H and O–H groups in total. The highest BCUT2D eigenvalue weighted by atomic mass is 16.5. The van der Waals surface area contributed by atoms with E-state index in [1.807, 2.05) is 13.2 Å². The minimum Gasteiger partial charge on any atom is -0.389 e. The Labute approximate surface area is 158 Å². The summed E-state index contributed by atoms with van der Waals surface area (Å²) in [6.07, 6.45) is 12.9. The average molecular weight is 359 g/mol. The van der Waals surface area contributed by atoms with E-state index in [0.29, 0.717) is 18.3 Å². The zero-order chi connectivity index (χ0) is 18.5. The van der Waals surface area contributed by atoms with E-state index in [9.17, 15) is 5.11 Å². The van der Waals surface area contributed by atoms with Crippen molar-refractivity contribution >= 4 is 0 Å². The Kier molecular flexibility index (Phi) is 4.70. The first-order valence-electron chi connectivity index (χ1n) is 10.3. The largest absolute Gasteiger partial charge is 0.389 e. The average Bonchev–Trinajstić information content (AvgIpc) is 2.91. The molecule has 0 spiro atoms. The van der Waals surface area contributed by atoms with Gasteiger partial charge in [0.25, 0.3) is 0 Å². The Hall–Kier alpha value is -0.900. The molecule has 4 aliphatic carbocycles. The van der Waals surface area contributed by atoms with Crippen LogP contribution in [0.5, 0.6) is 0 Å². The Bertz CT molecular complexity index is 648. The van der Waals surface area contributed by atoms with Gasteiger partial charge in [-0.2, -0.15) is 0 Å². The number of allylic oxidation sites excluding steroid dienone is 3. The van der Waals surface area contributed by atoms with Crippen LogP contribution in [0.4, 0.5) is 0 Å². The Morgan fingerprint density at radius 1 is 1.23 bits per heavy atom. The minimum atomic E-state index is -0.584. The van der Waals surface area contributed by atoms with E-state index in [4.69, 9.17) is 9.47 Å². The van der Waals surface area contributed by atoms with Gasteiger partial charge in [0.2, 0.25) is 0 Å². The highest BCUT2D eigenvalue weighted by Gasteiger charge is 2.59. The van der Waals surface area contributed by atoms with Gasteiger partial charge in [-0.15, -0.1) is 6.58 Å². The molecular weight excluding hydrogens is 324 g/mol. The van der Waals surface area contributed by atoms with Crippen LogP contribution in [-0.4, -0.2) is 37.1 Å². The molecule has 0 aliphatic heterocycles. The van der Waals surface area contributed by atoms with Crippen molar-refractivity contribution in [3.63, 3.8) is 0 Å². The SMILES string of the molecule is C=CC[C@]1(O)CC[C@H]2[C@@H]3CCC4=C(CCC(OC)C4OC)C3=CC[C@@]21C. The maximum atomic E-state index is 11.4. The van der Waals surface area contributed by atoms with E-state index >= 15 is 0 Å². The van der Waals surface area contributed by atoms with Crippen LogP contribution in [0.25, 0.3) is 0 Å². The predicted octanol–water partition coefficient (Wildman–Crippen LogP) is 4.57. The maximum absolute atomic E-state index is 11.4. The molecule has 6 atom stereocenters. The molecule has 0 aromatic carbocycles. The molecule has 1 fully saturated rings. The van der Waals surface area contributed by atoms with Crippen molar-refractivity contribution < 1.29 is 14.6 Å². The van der Waals surface area contributed by atoms with Gasteiger partial charge in [0.15, 0.2) is 0 Å². The van der Waals surface area contributed by atoms with Gasteiger partial charge < -0.3 is 14.6 Å². The lowest BCUT2D eigenvalue weighted by molar-refractivity contribution is -0.0769. The molecule has 0 aromatic heterocycles. The van der Waals surface area contributed by atoms with Gasteiger partial charge in [-0.05, 0) is 79.9 Å². The van der Waals surface area contributed by atoms with Gasteiger partial charge in [-0.1, -0.05) is 19.1 Å². The van der Waals surface area contributed by atoms with Gasteiger partial charge >= 0.3 is 0 Å². The summed E-state index contributed by atoms with van der Waals surface area (Å²) in [6, 6.07) is 0. The first kappa shape index (κ1) is 18.5. The van der Waals surface area contributed by atoms with Crippen molar-refractivity contribution in [2.24, 2.45) is 17.3 Å². The molecule has 2 unspecified atom stereocenters. The molecule has 26 heavy (non-hydrogen) atoms. The van der Waals surface area contributed by atoms with E-state index in [-0.39, 0.29) is 17.6 Å².